The Morgan fingerprint density at radius 2 is 1.76 bits per heavy atom. The van der Waals surface area contributed by atoms with Crippen molar-refractivity contribution in [3.05, 3.63) is 42.0 Å². The zero-order chi connectivity index (χ0) is 18.0. The minimum absolute atomic E-state index is 0.371. The van der Waals surface area contributed by atoms with Gasteiger partial charge in [0.2, 0.25) is 0 Å². The number of ether oxygens (including phenoxy) is 1. The van der Waals surface area contributed by atoms with E-state index in [9.17, 15) is 8.42 Å². The Labute approximate surface area is 150 Å². The Hall–Kier alpha value is -1.63. The maximum absolute atomic E-state index is 12.8. The molecule has 0 aliphatic carbocycles. The molecule has 0 bridgehead atoms. The van der Waals surface area contributed by atoms with Crippen LogP contribution in [0.2, 0.25) is 0 Å². The molecule has 0 amide bonds. The summed E-state index contributed by atoms with van der Waals surface area (Å²) in [6.45, 7) is 3.78. The van der Waals surface area contributed by atoms with Gasteiger partial charge in [0.15, 0.2) is 0 Å². The van der Waals surface area contributed by atoms with E-state index in [0.29, 0.717) is 25.6 Å². The molecular weight excluding hydrogens is 336 g/mol. The highest BCUT2D eigenvalue weighted by atomic mass is 32.2. The summed E-state index contributed by atoms with van der Waals surface area (Å²) in [6, 6.07) is 11.9. The molecule has 0 radical (unpaired) electrons. The first-order chi connectivity index (χ1) is 11.9. The van der Waals surface area contributed by atoms with Gasteiger partial charge in [0.1, 0.15) is 5.75 Å². The Kier molecular flexibility index (Phi) is 5.32. The maximum atomic E-state index is 12.8. The number of nitrogens with zero attached hydrogens (tertiary/aromatic N) is 2. The molecule has 136 valence electrons. The van der Waals surface area contributed by atoms with Gasteiger partial charge in [-0.3, -0.25) is 0 Å². The van der Waals surface area contributed by atoms with Crippen LogP contribution < -0.4 is 4.74 Å². The third kappa shape index (κ3) is 3.97. The Morgan fingerprint density at radius 3 is 2.44 bits per heavy atom. The molecule has 0 aromatic heterocycles. The first-order valence-electron chi connectivity index (χ1n) is 8.68. The third-order valence-electron chi connectivity index (χ3n) is 4.98. The molecule has 1 heterocycles. The van der Waals surface area contributed by atoms with Crippen LogP contribution >= 0.6 is 0 Å². The molecule has 0 spiro atoms. The number of methoxy groups -OCH3 is 1. The van der Waals surface area contributed by atoms with Gasteiger partial charge in [-0.25, -0.2) is 0 Å². The van der Waals surface area contributed by atoms with E-state index in [1.54, 1.807) is 18.5 Å². The van der Waals surface area contributed by atoms with Crippen molar-refractivity contribution in [2.24, 2.45) is 5.92 Å². The molecule has 0 atom stereocenters. The van der Waals surface area contributed by atoms with E-state index in [0.717, 1.165) is 34.9 Å². The predicted octanol–water partition coefficient (Wildman–Crippen LogP) is 3.26. The molecule has 2 aromatic carbocycles. The SMILES string of the molecule is COc1ccc2cc(CN(C)S(=O)(=O)N3CCC(C)CC3)ccc2c1. The smallest absolute Gasteiger partial charge is 0.282 e. The van der Waals surface area contributed by atoms with Crippen molar-refractivity contribution in [2.75, 3.05) is 27.2 Å². The van der Waals surface area contributed by atoms with Crippen LogP contribution in [0.25, 0.3) is 10.8 Å². The fourth-order valence-corrected chi connectivity index (χ4v) is 4.63. The second kappa shape index (κ2) is 7.32. The summed E-state index contributed by atoms with van der Waals surface area (Å²) in [6.07, 6.45) is 1.87. The van der Waals surface area contributed by atoms with Gasteiger partial charge in [-0.05, 0) is 53.3 Å². The predicted molar refractivity (Wildman–Crippen MR) is 101 cm³/mol. The fraction of sp³-hybridized carbons (Fsp3) is 0.474. The van der Waals surface area contributed by atoms with E-state index in [-0.39, 0.29) is 0 Å². The Bertz CT molecular complexity index is 843. The molecule has 0 N–H and O–H groups in total. The largest absolute Gasteiger partial charge is 0.497 e. The minimum atomic E-state index is -3.40. The van der Waals surface area contributed by atoms with Crippen molar-refractivity contribution in [1.82, 2.24) is 8.61 Å². The van der Waals surface area contributed by atoms with E-state index in [1.165, 1.54) is 4.31 Å². The van der Waals surface area contributed by atoms with Gasteiger partial charge in [-0.2, -0.15) is 17.0 Å². The second-order valence-electron chi connectivity index (χ2n) is 6.89. The summed E-state index contributed by atoms with van der Waals surface area (Å²) in [4.78, 5) is 0. The highest BCUT2D eigenvalue weighted by Gasteiger charge is 2.29. The van der Waals surface area contributed by atoms with E-state index >= 15 is 0 Å². The average Bonchev–Trinajstić information content (AvgIpc) is 2.61. The van der Waals surface area contributed by atoms with Gasteiger partial charge in [-0.15, -0.1) is 0 Å². The molecule has 1 aliphatic heterocycles. The standard InChI is InChI=1S/C19H26N2O3S/c1-15-8-10-21(11-9-15)25(22,23)20(2)14-16-4-5-18-13-19(24-3)7-6-17(18)12-16/h4-7,12-13,15H,8-11,14H2,1-3H3. The number of fused-ring (bicyclic) bond motifs is 1. The van der Waals surface area contributed by atoms with Gasteiger partial charge < -0.3 is 4.74 Å². The van der Waals surface area contributed by atoms with Crippen LogP contribution in [0.15, 0.2) is 36.4 Å². The van der Waals surface area contributed by atoms with Crippen LogP contribution in [0.1, 0.15) is 25.3 Å². The lowest BCUT2D eigenvalue weighted by Gasteiger charge is -2.32. The molecule has 25 heavy (non-hydrogen) atoms. The van der Waals surface area contributed by atoms with Gasteiger partial charge >= 0.3 is 0 Å². The highest BCUT2D eigenvalue weighted by Crippen LogP contribution is 2.24. The van der Waals surface area contributed by atoms with Crippen molar-refractivity contribution >= 4 is 21.0 Å². The van der Waals surface area contributed by atoms with Crippen LogP contribution in [0, 0.1) is 5.92 Å². The molecule has 0 unspecified atom stereocenters. The quantitative estimate of drug-likeness (QED) is 0.820. The van der Waals surface area contributed by atoms with Crippen LogP contribution in [-0.4, -0.2) is 44.3 Å². The zero-order valence-electron chi connectivity index (χ0n) is 15.1. The number of hydrogen-bond acceptors (Lipinski definition) is 3. The summed E-state index contributed by atoms with van der Waals surface area (Å²) in [5.74, 6) is 1.42. The van der Waals surface area contributed by atoms with Gasteiger partial charge in [0, 0.05) is 26.7 Å². The summed E-state index contributed by atoms with van der Waals surface area (Å²) < 4.78 is 33.9. The molecule has 5 nitrogen and oxygen atoms in total. The monoisotopic (exact) mass is 362 g/mol. The van der Waals surface area contributed by atoms with Crippen molar-refractivity contribution < 1.29 is 13.2 Å². The molecule has 1 saturated heterocycles. The molecular formula is C19H26N2O3S. The van der Waals surface area contributed by atoms with E-state index < -0.39 is 10.2 Å². The van der Waals surface area contributed by atoms with Gasteiger partial charge in [-0.1, -0.05) is 25.1 Å². The molecule has 2 aromatic rings. The van der Waals surface area contributed by atoms with Crippen LogP contribution in [0.3, 0.4) is 0 Å². The number of benzene rings is 2. The topological polar surface area (TPSA) is 49.9 Å². The minimum Gasteiger partial charge on any atom is -0.497 e. The average molecular weight is 362 g/mol. The van der Waals surface area contributed by atoms with Crippen LogP contribution in [0.4, 0.5) is 0 Å². The van der Waals surface area contributed by atoms with Crippen molar-refractivity contribution in [2.45, 2.75) is 26.3 Å². The lowest BCUT2D eigenvalue weighted by atomic mass is 10.0. The molecule has 1 fully saturated rings. The first kappa shape index (κ1) is 18.2. The van der Waals surface area contributed by atoms with Crippen molar-refractivity contribution in [3.8, 4) is 5.75 Å². The van der Waals surface area contributed by atoms with Crippen molar-refractivity contribution in [1.29, 1.82) is 0 Å². The maximum Gasteiger partial charge on any atom is 0.282 e. The zero-order valence-corrected chi connectivity index (χ0v) is 15.9. The lowest BCUT2D eigenvalue weighted by Crippen LogP contribution is -2.45. The number of hydrogen-bond donors (Lipinski definition) is 0. The molecule has 6 heteroatoms. The van der Waals surface area contributed by atoms with Crippen molar-refractivity contribution in [3.63, 3.8) is 0 Å². The molecule has 0 saturated carbocycles. The Balaban J connectivity index is 1.75. The van der Waals surface area contributed by atoms with E-state index in [2.05, 4.69) is 6.92 Å². The third-order valence-corrected chi connectivity index (χ3v) is 6.91. The lowest BCUT2D eigenvalue weighted by molar-refractivity contribution is 0.269. The molecule has 1 aliphatic rings. The van der Waals surface area contributed by atoms with E-state index in [4.69, 9.17) is 4.74 Å². The molecule has 3 rings (SSSR count). The highest BCUT2D eigenvalue weighted by molar-refractivity contribution is 7.86. The summed E-state index contributed by atoms with van der Waals surface area (Å²) >= 11 is 0. The number of piperidine rings is 1. The first-order valence-corrected chi connectivity index (χ1v) is 10.1. The normalized spacial score (nSPS) is 17.3. The number of rotatable bonds is 5. The Morgan fingerprint density at radius 1 is 1.12 bits per heavy atom. The van der Waals surface area contributed by atoms with Crippen LogP contribution in [-0.2, 0) is 16.8 Å². The summed E-state index contributed by atoms with van der Waals surface area (Å²) in [5.41, 5.74) is 0.981. The summed E-state index contributed by atoms with van der Waals surface area (Å²) in [7, 11) is -0.0931. The van der Waals surface area contributed by atoms with Gasteiger partial charge in [0.05, 0.1) is 7.11 Å². The summed E-state index contributed by atoms with van der Waals surface area (Å²) in [5, 5.41) is 2.16. The van der Waals surface area contributed by atoms with Gasteiger partial charge in [0.25, 0.3) is 10.2 Å². The second-order valence-corrected chi connectivity index (χ2v) is 8.93. The van der Waals surface area contributed by atoms with E-state index in [1.807, 2.05) is 36.4 Å². The fourth-order valence-electron chi connectivity index (χ4n) is 3.25. The van der Waals surface area contributed by atoms with Crippen LogP contribution in [0.5, 0.6) is 5.75 Å².